The molecule has 1 amide bonds. The average molecular weight is 418 g/mol. The maximum absolute atomic E-state index is 12.6. The number of aryl methyl sites for hydroxylation is 2. The SMILES string of the molecule is COc1ccc([C@H](NC(=O)COC(=O)Cc2ccc(C)c(C)c2)c2ccccc2)cc1. The molecule has 3 aromatic rings. The quantitative estimate of drug-likeness (QED) is 0.555. The van der Waals surface area contributed by atoms with Crippen LogP contribution in [0.2, 0.25) is 0 Å². The van der Waals surface area contributed by atoms with Gasteiger partial charge in [0.25, 0.3) is 5.91 Å². The lowest BCUT2D eigenvalue weighted by atomic mass is 9.98. The highest BCUT2D eigenvalue weighted by atomic mass is 16.5. The predicted molar refractivity (Wildman–Crippen MR) is 120 cm³/mol. The van der Waals surface area contributed by atoms with Gasteiger partial charge in [-0.15, -0.1) is 0 Å². The number of hydrogen-bond acceptors (Lipinski definition) is 4. The van der Waals surface area contributed by atoms with Crippen molar-refractivity contribution in [1.29, 1.82) is 0 Å². The monoisotopic (exact) mass is 417 g/mol. The largest absolute Gasteiger partial charge is 0.497 e. The van der Waals surface area contributed by atoms with Crippen LogP contribution in [0, 0.1) is 13.8 Å². The van der Waals surface area contributed by atoms with Crippen LogP contribution >= 0.6 is 0 Å². The van der Waals surface area contributed by atoms with Gasteiger partial charge in [-0.1, -0.05) is 60.7 Å². The van der Waals surface area contributed by atoms with Gasteiger partial charge in [0.1, 0.15) is 5.75 Å². The minimum atomic E-state index is -0.431. The molecule has 1 atom stereocenters. The first-order valence-corrected chi connectivity index (χ1v) is 10.2. The van der Waals surface area contributed by atoms with E-state index < -0.39 is 5.97 Å². The van der Waals surface area contributed by atoms with Crippen molar-refractivity contribution in [2.45, 2.75) is 26.3 Å². The summed E-state index contributed by atoms with van der Waals surface area (Å²) in [6.07, 6.45) is 0.134. The minimum Gasteiger partial charge on any atom is -0.497 e. The molecule has 0 radical (unpaired) electrons. The van der Waals surface area contributed by atoms with Gasteiger partial charge in [0, 0.05) is 0 Å². The maximum Gasteiger partial charge on any atom is 0.310 e. The Kier molecular flexibility index (Phi) is 7.44. The standard InChI is InChI=1S/C26H27NO4/c1-18-9-10-20(15-19(18)2)16-25(29)31-17-24(28)27-26(21-7-5-4-6-8-21)22-11-13-23(30-3)14-12-22/h4-15,26H,16-17H2,1-3H3,(H,27,28)/t26-/m1/s1. The molecule has 0 aliphatic rings. The van der Waals surface area contributed by atoms with Crippen molar-refractivity contribution in [2.24, 2.45) is 0 Å². The number of carbonyl (C=O) groups excluding carboxylic acids is 2. The van der Waals surface area contributed by atoms with Gasteiger partial charge < -0.3 is 14.8 Å². The summed E-state index contributed by atoms with van der Waals surface area (Å²) in [6.45, 7) is 3.69. The number of benzene rings is 3. The molecule has 0 spiro atoms. The summed E-state index contributed by atoms with van der Waals surface area (Å²) in [5.74, 6) is -0.0561. The van der Waals surface area contributed by atoms with Gasteiger partial charge in [0.05, 0.1) is 19.6 Å². The van der Waals surface area contributed by atoms with Gasteiger partial charge in [-0.05, 0) is 53.8 Å². The second-order valence-corrected chi connectivity index (χ2v) is 7.44. The van der Waals surface area contributed by atoms with E-state index in [0.29, 0.717) is 0 Å². The summed E-state index contributed by atoms with van der Waals surface area (Å²) in [7, 11) is 1.61. The fourth-order valence-electron chi connectivity index (χ4n) is 3.28. The third-order valence-electron chi connectivity index (χ3n) is 5.17. The molecular formula is C26H27NO4. The van der Waals surface area contributed by atoms with Crippen molar-refractivity contribution >= 4 is 11.9 Å². The molecule has 0 fully saturated rings. The lowest BCUT2D eigenvalue weighted by molar-refractivity contribution is -0.148. The van der Waals surface area contributed by atoms with Crippen LogP contribution in [0.5, 0.6) is 5.75 Å². The highest BCUT2D eigenvalue weighted by Gasteiger charge is 2.18. The van der Waals surface area contributed by atoms with Crippen molar-refractivity contribution in [3.8, 4) is 5.75 Å². The van der Waals surface area contributed by atoms with E-state index in [-0.39, 0.29) is 25.0 Å². The molecule has 0 aromatic heterocycles. The zero-order valence-electron chi connectivity index (χ0n) is 18.1. The van der Waals surface area contributed by atoms with Gasteiger partial charge in [-0.2, -0.15) is 0 Å². The number of carbonyl (C=O) groups is 2. The number of nitrogens with one attached hydrogen (secondary N) is 1. The second kappa shape index (κ2) is 10.4. The molecule has 0 bridgehead atoms. The fourth-order valence-corrected chi connectivity index (χ4v) is 3.28. The minimum absolute atomic E-state index is 0.134. The van der Waals surface area contributed by atoms with Crippen LogP contribution < -0.4 is 10.1 Å². The molecule has 3 rings (SSSR count). The zero-order valence-corrected chi connectivity index (χ0v) is 18.1. The smallest absolute Gasteiger partial charge is 0.310 e. The van der Waals surface area contributed by atoms with E-state index in [9.17, 15) is 9.59 Å². The summed E-state index contributed by atoms with van der Waals surface area (Å²) >= 11 is 0. The van der Waals surface area contributed by atoms with Crippen molar-refractivity contribution in [2.75, 3.05) is 13.7 Å². The van der Waals surface area contributed by atoms with Crippen molar-refractivity contribution in [3.63, 3.8) is 0 Å². The Hall–Kier alpha value is -3.60. The van der Waals surface area contributed by atoms with Crippen LogP contribution in [0.25, 0.3) is 0 Å². The van der Waals surface area contributed by atoms with Crippen LogP contribution in [0.15, 0.2) is 72.8 Å². The van der Waals surface area contributed by atoms with Gasteiger partial charge in [-0.25, -0.2) is 0 Å². The van der Waals surface area contributed by atoms with Crippen LogP contribution in [-0.2, 0) is 20.7 Å². The molecule has 0 saturated carbocycles. The maximum atomic E-state index is 12.6. The first kappa shape index (κ1) is 22.1. The van der Waals surface area contributed by atoms with Gasteiger partial charge in [0.15, 0.2) is 6.61 Å². The van der Waals surface area contributed by atoms with Crippen LogP contribution in [-0.4, -0.2) is 25.6 Å². The van der Waals surface area contributed by atoms with Crippen LogP contribution in [0.4, 0.5) is 0 Å². The number of esters is 1. The topological polar surface area (TPSA) is 64.6 Å². The first-order chi connectivity index (χ1) is 15.0. The number of rotatable bonds is 8. The Morgan fingerprint density at radius 2 is 1.55 bits per heavy atom. The van der Waals surface area contributed by atoms with E-state index in [0.717, 1.165) is 28.0 Å². The molecule has 0 saturated heterocycles. The lowest BCUT2D eigenvalue weighted by Crippen LogP contribution is -2.33. The van der Waals surface area contributed by atoms with Crippen LogP contribution in [0.1, 0.15) is 33.9 Å². The highest BCUT2D eigenvalue weighted by Crippen LogP contribution is 2.24. The molecule has 1 N–H and O–H groups in total. The van der Waals surface area contributed by atoms with Gasteiger partial charge >= 0.3 is 5.97 Å². The average Bonchev–Trinajstić information content (AvgIpc) is 2.79. The van der Waals surface area contributed by atoms with Gasteiger partial charge in [0.2, 0.25) is 0 Å². The predicted octanol–water partition coefficient (Wildman–Crippen LogP) is 4.30. The molecule has 0 aliphatic carbocycles. The molecule has 5 heteroatoms. The molecule has 3 aromatic carbocycles. The Morgan fingerprint density at radius 3 is 2.19 bits per heavy atom. The fraction of sp³-hybridized carbons (Fsp3) is 0.231. The van der Waals surface area contributed by atoms with Crippen molar-refractivity contribution in [1.82, 2.24) is 5.32 Å². The highest BCUT2D eigenvalue weighted by molar-refractivity contribution is 5.82. The summed E-state index contributed by atoms with van der Waals surface area (Å²) in [5.41, 5.74) is 4.99. The summed E-state index contributed by atoms with van der Waals surface area (Å²) in [4.78, 5) is 24.8. The Bertz CT molecular complexity index is 1030. The van der Waals surface area contributed by atoms with E-state index in [4.69, 9.17) is 9.47 Å². The Labute approximate surface area is 183 Å². The molecule has 0 unspecified atom stereocenters. The number of amides is 1. The summed E-state index contributed by atoms with van der Waals surface area (Å²) < 4.78 is 10.4. The van der Waals surface area contributed by atoms with E-state index in [1.807, 2.05) is 86.6 Å². The Balaban J connectivity index is 1.63. The molecule has 160 valence electrons. The number of hydrogen-bond donors (Lipinski definition) is 1. The third-order valence-corrected chi connectivity index (χ3v) is 5.17. The second-order valence-electron chi connectivity index (χ2n) is 7.44. The summed E-state index contributed by atoms with van der Waals surface area (Å²) in [5, 5.41) is 2.97. The van der Waals surface area contributed by atoms with E-state index in [1.54, 1.807) is 7.11 Å². The Morgan fingerprint density at radius 1 is 0.871 bits per heavy atom. The third kappa shape index (κ3) is 6.19. The van der Waals surface area contributed by atoms with Crippen molar-refractivity contribution in [3.05, 3.63) is 101 Å². The number of methoxy groups -OCH3 is 1. The van der Waals surface area contributed by atoms with Crippen molar-refractivity contribution < 1.29 is 19.1 Å². The van der Waals surface area contributed by atoms with E-state index >= 15 is 0 Å². The van der Waals surface area contributed by atoms with E-state index in [1.165, 1.54) is 5.56 Å². The summed E-state index contributed by atoms with van der Waals surface area (Å²) in [6, 6.07) is 22.6. The molecule has 5 nitrogen and oxygen atoms in total. The molecular weight excluding hydrogens is 390 g/mol. The molecule has 0 heterocycles. The molecule has 0 aliphatic heterocycles. The number of ether oxygens (including phenoxy) is 2. The lowest BCUT2D eigenvalue weighted by Gasteiger charge is -2.20. The molecule has 31 heavy (non-hydrogen) atoms. The van der Waals surface area contributed by atoms with E-state index in [2.05, 4.69) is 5.32 Å². The van der Waals surface area contributed by atoms with Crippen LogP contribution in [0.3, 0.4) is 0 Å². The van der Waals surface area contributed by atoms with Gasteiger partial charge in [-0.3, -0.25) is 9.59 Å². The zero-order chi connectivity index (χ0) is 22.2. The first-order valence-electron chi connectivity index (χ1n) is 10.2. The normalized spacial score (nSPS) is 11.5.